The number of rotatable bonds is 5. The molecule has 2 rings (SSSR count). The van der Waals surface area contributed by atoms with E-state index >= 15 is 0 Å². The van der Waals surface area contributed by atoms with Crippen LogP contribution in [-0.2, 0) is 7.05 Å². The molecule has 1 aromatic rings. The van der Waals surface area contributed by atoms with Crippen LogP contribution in [0.25, 0.3) is 0 Å². The third-order valence-corrected chi connectivity index (χ3v) is 4.71. The summed E-state index contributed by atoms with van der Waals surface area (Å²) in [6.07, 6.45) is 7.36. The molecule has 0 spiro atoms. The zero-order chi connectivity index (χ0) is 15.4. The van der Waals surface area contributed by atoms with Crippen molar-refractivity contribution in [1.29, 1.82) is 0 Å². The van der Waals surface area contributed by atoms with Crippen molar-refractivity contribution in [3.8, 4) is 0 Å². The Morgan fingerprint density at radius 3 is 2.62 bits per heavy atom. The van der Waals surface area contributed by atoms with E-state index in [2.05, 4.69) is 17.3 Å². The van der Waals surface area contributed by atoms with Gasteiger partial charge in [0.2, 0.25) is 0 Å². The van der Waals surface area contributed by atoms with Crippen LogP contribution in [0.5, 0.6) is 0 Å². The van der Waals surface area contributed by atoms with Crippen LogP contribution in [0.15, 0.2) is 6.20 Å². The lowest BCUT2D eigenvalue weighted by Crippen LogP contribution is -2.43. The van der Waals surface area contributed by atoms with Crippen molar-refractivity contribution in [2.45, 2.75) is 58.0 Å². The second-order valence-corrected chi connectivity index (χ2v) is 6.14. The molecule has 1 N–H and O–H groups in total. The molecule has 0 aliphatic heterocycles. The lowest BCUT2D eigenvalue weighted by atomic mass is 9.90. The number of carbonyl (C=O) groups is 1. The zero-order valence-electron chi connectivity index (χ0n) is 13.7. The maximum absolute atomic E-state index is 12.6. The van der Waals surface area contributed by atoms with E-state index in [4.69, 9.17) is 0 Å². The molecule has 0 saturated heterocycles. The van der Waals surface area contributed by atoms with Crippen molar-refractivity contribution >= 4 is 5.91 Å². The standard InChI is InChI=1S/C16H28N4O/c1-5-10-17-13-6-8-14(9-7-13)19(3)16(21)15-11-18-20(4)12(15)2/h11,13-14,17H,5-10H2,1-4H3. The molecular weight excluding hydrogens is 264 g/mol. The Hall–Kier alpha value is -1.36. The Labute approximate surface area is 127 Å². The molecule has 1 aliphatic rings. The van der Waals surface area contributed by atoms with E-state index in [1.54, 1.807) is 10.9 Å². The summed E-state index contributed by atoms with van der Waals surface area (Å²) in [6.45, 7) is 5.24. The van der Waals surface area contributed by atoms with Crippen LogP contribution in [0.3, 0.4) is 0 Å². The topological polar surface area (TPSA) is 50.2 Å². The molecule has 5 heteroatoms. The summed E-state index contributed by atoms with van der Waals surface area (Å²) in [6, 6.07) is 0.988. The molecule has 1 heterocycles. The quantitative estimate of drug-likeness (QED) is 0.904. The molecule has 21 heavy (non-hydrogen) atoms. The fourth-order valence-corrected chi connectivity index (χ4v) is 3.08. The molecule has 118 valence electrons. The van der Waals surface area contributed by atoms with Gasteiger partial charge in [-0.2, -0.15) is 5.10 Å². The number of nitrogens with zero attached hydrogens (tertiary/aromatic N) is 3. The number of aryl methyl sites for hydroxylation is 1. The number of carbonyl (C=O) groups excluding carboxylic acids is 1. The lowest BCUT2D eigenvalue weighted by Gasteiger charge is -2.35. The smallest absolute Gasteiger partial charge is 0.257 e. The van der Waals surface area contributed by atoms with Gasteiger partial charge in [-0.1, -0.05) is 6.92 Å². The third kappa shape index (κ3) is 3.64. The second-order valence-electron chi connectivity index (χ2n) is 6.14. The average molecular weight is 292 g/mol. The number of aromatic nitrogens is 2. The Morgan fingerprint density at radius 2 is 2.10 bits per heavy atom. The van der Waals surface area contributed by atoms with Crippen molar-refractivity contribution in [2.24, 2.45) is 7.05 Å². The predicted octanol–water partition coefficient (Wildman–Crippen LogP) is 2.11. The zero-order valence-corrected chi connectivity index (χ0v) is 13.7. The summed E-state index contributed by atoms with van der Waals surface area (Å²) in [5.41, 5.74) is 1.66. The van der Waals surface area contributed by atoms with Crippen LogP contribution in [0.2, 0.25) is 0 Å². The summed E-state index contributed by atoms with van der Waals surface area (Å²) in [7, 11) is 3.80. The van der Waals surface area contributed by atoms with Gasteiger partial charge in [0.15, 0.2) is 0 Å². The molecule has 1 aliphatic carbocycles. The highest BCUT2D eigenvalue weighted by molar-refractivity contribution is 5.95. The first-order chi connectivity index (χ1) is 10.0. The summed E-state index contributed by atoms with van der Waals surface area (Å²) in [4.78, 5) is 14.5. The maximum Gasteiger partial charge on any atom is 0.257 e. The van der Waals surface area contributed by atoms with Gasteiger partial charge in [-0.25, -0.2) is 0 Å². The van der Waals surface area contributed by atoms with Gasteiger partial charge in [0.05, 0.1) is 11.8 Å². The number of hydrogen-bond donors (Lipinski definition) is 1. The van der Waals surface area contributed by atoms with Crippen LogP contribution in [0, 0.1) is 6.92 Å². The number of hydrogen-bond acceptors (Lipinski definition) is 3. The van der Waals surface area contributed by atoms with Gasteiger partial charge in [0.25, 0.3) is 5.91 Å². The molecule has 0 radical (unpaired) electrons. The second kappa shape index (κ2) is 7.07. The number of nitrogens with one attached hydrogen (secondary N) is 1. The molecule has 1 amide bonds. The summed E-state index contributed by atoms with van der Waals surface area (Å²) < 4.78 is 1.76. The first-order valence-corrected chi connectivity index (χ1v) is 8.03. The minimum Gasteiger partial charge on any atom is -0.339 e. The normalized spacial score (nSPS) is 22.3. The van der Waals surface area contributed by atoms with E-state index in [1.807, 2.05) is 25.9 Å². The predicted molar refractivity (Wildman–Crippen MR) is 84.4 cm³/mol. The molecule has 1 fully saturated rings. The highest BCUT2D eigenvalue weighted by Gasteiger charge is 2.28. The molecule has 0 atom stereocenters. The van der Waals surface area contributed by atoms with E-state index in [1.165, 1.54) is 6.42 Å². The average Bonchev–Trinajstić information content (AvgIpc) is 2.84. The SMILES string of the molecule is CCCNC1CCC(N(C)C(=O)c2cnn(C)c2C)CC1. The molecule has 1 aromatic heterocycles. The van der Waals surface area contributed by atoms with Crippen molar-refractivity contribution < 1.29 is 4.79 Å². The van der Waals surface area contributed by atoms with Gasteiger partial charge < -0.3 is 10.2 Å². The first-order valence-electron chi connectivity index (χ1n) is 8.03. The van der Waals surface area contributed by atoms with Gasteiger partial charge in [-0.15, -0.1) is 0 Å². The largest absolute Gasteiger partial charge is 0.339 e. The minimum absolute atomic E-state index is 0.102. The van der Waals surface area contributed by atoms with Crippen LogP contribution >= 0.6 is 0 Å². The van der Waals surface area contributed by atoms with Crippen LogP contribution < -0.4 is 5.32 Å². The summed E-state index contributed by atoms with van der Waals surface area (Å²) in [5, 5.41) is 7.76. The molecule has 0 bridgehead atoms. The van der Waals surface area contributed by atoms with E-state index in [0.29, 0.717) is 12.1 Å². The van der Waals surface area contributed by atoms with Gasteiger partial charge in [-0.05, 0) is 45.6 Å². The van der Waals surface area contributed by atoms with Gasteiger partial charge in [-0.3, -0.25) is 9.48 Å². The third-order valence-electron chi connectivity index (χ3n) is 4.71. The van der Waals surface area contributed by atoms with Gasteiger partial charge >= 0.3 is 0 Å². The lowest BCUT2D eigenvalue weighted by molar-refractivity contribution is 0.0683. The van der Waals surface area contributed by atoms with Crippen molar-refractivity contribution in [3.05, 3.63) is 17.5 Å². The Kier molecular flexibility index (Phi) is 5.39. The highest BCUT2D eigenvalue weighted by atomic mass is 16.2. The minimum atomic E-state index is 0.102. The molecule has 0 aromatic carbocycles. The maximum atomic E-state index is 12.6. The fourth-order valence-electron chi connectivity index (χ4n) is 3.08. The monoisotopic (exact) mass is 292 g/mol. The van der Waals surface area contributed by atoms with E-state index in [9.17, 15) is 4.79 Å². The van der Waals surface area contributed by atoms with Crippen molar-refractivity contribution in [1.82, 2.24) is 20.0 Å². The Morgan fingerprint density at radius 1 is 1.43 bits per heavy atom. The number of amides is 1. The van der Waals surface area contributed by atoms with Crippen molar-refractivity contribution in [2.75, 3.05) is 13.6 Å². The van der Waals surface area contributed by atoms with E-state index in [-0.39, 0.29) is 5.91 Å². The van der Waals surface area contributed by atoms with Gasteiger partial charge in [0.1, 0.15) is 0 Å². The summed E-state index contributed by atoms with van der Waals surface area (Å²) >= 11 is 0. The molecular formula is C16H28N4O. The Balaban J connectivity index is 1.91. The van der Waals surface area contributed by atoms with Crippen LogP contribution in [0.1, 0.15) is 55.1 Å². The first kappa shape index (κ1) is 16.0. The summed E-state index contributed by atoms with van der Waals surface area (Å²) in [5.74, 6) is 0.102. The van der Waals surface area contributed by atoms with Crippen LogP contribution in [-0.4, -0.2) is 46.3 Å². The van der Waals surface area contributed by atoms with E-state index < -0.39 is 0 Å². The Bertz CT molecular complexity index is 475. The molecule has 0 unspecified atom stereocenters. The van der Waals surface area contributed by atoms with Gasteiger partial charge in [0, 0.05) is 31.9 Å². The van der Waals surface area contributed by atoms with E-state index in [0.717, 1.165) is 43.5 Å². The van der Waals surface area contributed by atoms with Crippen molar-refractivity contribution in [3.63, 3.8) is 0 Å². The highest BCUT2D eigenvalue weighted by Crippen LogP contribution is 2.24. The molecule has 1 saturated carbocycles. The van der Waals surface area contributed by atoms with Crippen LogP contribution in [0.4, 0.5) is 0 Å². The fraction of sp³-hybridized carbons (Fsp3) is 0.750. The molecule has 5 nitrogen and oxygen atoms in total.